The highest BCUT2D eigenvalue weighted by Crippen LogP contribution is 2.31. The Morgan fingerprint density at radius 1 is 1.21 bits per heavy atom. The van der Waals surface area contributed by atoms with Crippen LogP contribution in [0.1, 0.15) is 41.2 Å². The lowest BCUT2D eigenvalue weighted by Crippen LogP contribution is -2.40. The van der Waals surface area contributed by atoms with Crippen molar-refractivity contribution in [2.24, 2.45) is 0 Å². The van der Waals surface area contributed by atoms with Crippen LogP contribution >= 0.6 is 34.9 Å². The minimum absolute atomic E-state index is 0.125. The average molecular weight is 502 g/mol. The molecule has 1 fully saturated rings. The van der Waals surface area contributed by atoms with Gasteiger partial charge in [-0.05, 0) is 56.2 Å². The highest BCUT2D eigenvalue weighted by molar-refractivity contribution is 7.80. The van der Waals surface area contributed by atoms with Gasteiger partial charge in [0.05, 0.1) is 5.01 Å². The number of rotatable bonds is 6. The second-order valence-corrected chi connectivity index (χ2v) is 10.1. The molecule has 3 heterocycles. The molecule has 0 saturated carbocycles. The second kappa shape index (κ2) is 10.5. The van der Waals surface area contributed by atoms with Gasteiger partial charge in [0.1, 0.15) is 11.2 Å². The maximum atomic E-state index is 12.9. The number of hydrogen-bond donors (Lipinski definition) is 1. The SMILES string of the molecule is CCN(C(=O)c1csc(C2CCN(C(=S)Nc3ccc(N(C)C)cc3)CC2)n1)c1nncs1. The Morgan fingerprint density at radius 2 is 1.94 bits per heavy atom. The Kier molecular flexibility index (Phi) is 7.51. The van der Waals surface area contributed by atoms with E-state index in [1.807, 2.05) is 38.5 Å². The number of hydrogen-bond acceptors (Lipinski definition) is 8. The first-order chi connectivity index (χ1) is 16.0. The quantitative estimate of drug-likeness (QED) is 0.501. The number of nitrogens with one attached hydrogen (secondary N) is 1. The van der Waals surface area contributed by atoms with Gasteiger partial charge in [0.15, 0.2) is 5.11 Å². The maximum Gasteiger partial charge on any atom is 0.279 e. The summed E-state index contributed by atoms with van der Waals surface area (Å²) in [7, 11) is 4.05. The fourth-order valence-corrected chi connectivity index (χ4v) is 5.62. The van der Waals surface area contributed by atoms with E-state index in [0.29, 0.717) is 23.3 Å². The van der Waals surface area contributed by atoms with Crippen LogP contribution in [0.25, 0.3) is 0 Å². The number of carbonyl (C=O) groups excluding carboxylic acids is 1. The maximum absolute atomic E-state index is 12.9. The normalized spacial score (nSPS) is 14.2. The van der Waals surface area contributed by atoms with Crippen molar-refractivity contribution in [2.75, 3.05) is 48.8 Å². The number of aromatic nitrogens is 3. The van der Waals surface area contributed by atoms with Crippen molar-refractivity contribution in [1.82, 2.24) is 20.1 Å². The van der Waals surface area contributed by atoms with Gasteiger partial charge in [-0.2, -0.15) is 0 Å². The first-order valence-corrected chi connectivity index (χ1v) is 13.0. The molecule has 0 spiro atoms. The fraction of sp³-hybridized carbons (Fsp3) is 0.409. The molecule has 8 nitrogen and oxygen atoms in total. The zero-order valence-corrected chi connectivity index (χ0v) is 21.3. The van der Waals surface area contributed by atoms with Gasteiger partial charge < -0.3 is 15.1 Å². The minimum atomic E-state index is -0.125. The molecule has 4 rings (SSSR count). The third-order valence-electron chi connectivity index (χ3n) is 5.65. The molecule has 0 unspecified atom stereocenters. The van der Waals surface area contributed by atoms with Crippen LogP contribution in [-0.4, -0.2) is 64.8 Å². The van der Waals surface area contributed by atoms with Crippen LogP contribution in [0.5, 0.6) is 0 Å². The van der Waals surface area contributed by atoms with Crippen molar-refractivity contribution in [1.29, 1.82) is 0 Å². The average Bonchev–Trinajstić information content (AvgIpc) is 3.53. The number of carbonyl (C=O) groups is 1. The van der Waals surface area contributed by atoms with E-state index in [-0.39, 0.29) is 5.91 Å². The van der Waals surface area contributed by atoms with Crippen LogP contribution in [0.15, 0.2) is 35.2 Å². The Balaban J connectivity index is 1.32. The molecule has 2 aromatic heterocycles. The predicted octanol–water partition coefficient (Wildman–Crippen LogP) is 4.30. The van der Waals surface area contributed by atoms with Crippen molar-refractivity contribution in [3.05, 3.63) is 45.9 Å². The smallest absolute Gasteiger partial charge is 0.279 e. The number of thiocarbonyl (C=S) groups is 1. The highest BCUT2D eigenvalue weighted by atomic mass is 32.1. The number of benzene rings is 1. The summed E-state index contributed by atoms with van der Waals surface area (Å²) in [4.78, 5) is 23.5. The molecule has 0 atom stereocenters. The topological polar surface area (TPSA) is 77.5 Å². The molecule has 33 heavy (non-hydrogen) atoms. The molecule has 11 heteroatoms. The lowest BCUT2D eigenvalue weighted by molar-refractivity contribution is 0.0983. The monoisotopic (exact) mass is 501 g/mol. The summed E-state index contributed by atoms with van der Waals surface area (Å²) in [6.07, 6.45) is 1.91. The van der Waals surface area contributed by atoms with E-state index in [1.54, 1.807) is 21.7 Å². The predicted molar refractivity (Wildman–Crippen MR) is 140 cm³/mol. The van der Waals surface area contributed by atoms with Crippen LogP contribution < -0.4 is 15.1 Å². The van der Waals surface area contributed by atoms with Gasteiger partial charge in [-0.3, -0.25) is 9.69 Å². The molecule has 0 bridgehead atoms. The molecule has 174 valence electrons. The van der Waals surface area contributed by atoms with Crippen LogP contribution in [0.4, 0.5) is 16.5 Å². The molecular formula is C22H27N7OS3. The van der Waals surface area contributed by atoms with Crippen molar-refractivity contribution in [3.8, 4) is 0 Å². The zero-order chi connectivity index (χ0) is 23.4. The van der Waals surface area contributed by atoms with Crippen molar-refractivity contribution in [3.63, 3.8) is 0 Å². The summed E-state index contributed by atoms with van der Waals surface area (Å²) in [6.45, 7) is 4.18. The molecule has 1 amide bonds. The lowest BCUT2D eigenvalue weighted by atomic mass is 9.98. The summed E-state index contributed by atoms with van der Waals surface area (Å²) in [5.74, 6) is 0.214. The van der Waals surface area contributed by atoms with Gasteiger partial charge in [0, 0.05) is 56.4 Å². The van der Waals surface area contributed by atoms with Gasteiger partial charge in [0.25, 0.3) is 5.91 Å². The fourth-order valence-electron chi connectivity index (χ4n) is 3.74. The Morgan fingerprint density at radius 3 is 2.55 bits per heavy atom. The first kappa shape index (κ1) is 23.5. The number of nitrogens with zero attached hydrogens (tertiary/aromatic N) is 6. The van der Waals surface area contributed by atoms with Gasteiger partial charge in [0.2, 0.25) is 5.13 Å². The second-order valence-electron chi connectivity index (χ2n) is 7.97. The lowest BCUT2D eigenvalue weighted by Gasteiger charge is -2.33. The standard InChI is InChI=1S/C22H27N7OS3/c1-4-29(22-26-23-14-33-22)20(30)18-13-32-19(25-18)15-9-11-28(12-10-15)21(31)24-16-5-7-17(8-6-16)27(2)3/h5-8,13-15H,4,9-12H2,1-3H3,(H,24,31). The number of piperidine rings is 1. The third-order valence-corrected chi connectivity index (χ3v) is 7.73. The van der Waals surface area contributed by atoms with Crippen molar-refractivity contribution < 1.29 is 4.79 Å². The third kappa shape index (κ3) is 5.48. The molecule has 1 aliphatic rings. The van der Waals surface area contributed by atoms with E-state index in [2.05, 4.69) is 42.4 Å². The number of thiazole rings is 1. The number of likely N-dealkylation sites (tertiary alicyclic amines) is 1. The largest absolute Gasteiger partial charge is 0.378 e. The van der Waals surface area contributed by atoms with E-state index in [4.69, 9.17) is 12.2 Å². The van der Waals surface area contributed by atoms with Crippen LogP contribution in [0.2, 0.25) is 0 Å². The van der Waals surface area contributed by atoms with Gasteiger partial charge in [-0.25, -0.2) is 4.98 Å². The summed E-state index contributed by atoms with van der Waals surface area (Å²) in [5, 5.41) is 15.4. The molecule has 1 N–H and O–H groups in total. The molecule has 3 aromatic rings. The minimum Gasteiger partial charge on any atom is -0.378 e. The summed E-state index contributed by atoms with van der Waals surface area (Å²) < 4.78 is 0. The zero-order valence-electron chi connectivity index (χ0n) is 18.9. The van der Waals surface area contributed by atoms with E-state index in [9.17, 15) is 4.79 Å². The molecule has 1 aromatic carbocycles. The van der Waals surface area contributed by atoms with E-state index < -0.39 is 0 Å². The summed E-state index contributed by atoms with van der Waals surface area (Å²) >= 11 is 8.56. The van der Waals surface area contributed by atoms with E-state index in [0.717, 1.165) is 47.4 Å². The van der Waals surface area contributed by atoms with E-state index >= 15 is 0 Å². The number of anilines is 3. The van der Waals surface area contributed by atoms with Gasteiger partial charge >= 0.3 is 0 Å². The van der Waals surface area contributed by atoms with Gasteiger partial charge in [-0.15, -0.1) is 21.5 Å². The Labute approximate surface area is 207 Å². The van der Waals surface area contributed by atoms with Crippen LogP contribution in [0.3, 0.4) is 0 Å². The molecule has 0 aliphatic carbocycles. The first-order valence-electron chi connectivity index (χ1n) is 10.8. The van der Waals surface area contributed by atoms with Gasteiger partial charge in [-0.1, -0.05) is 11.3 Å². The molecule has 1 saturated heterocycles. The molecular weight excluding hydrogens is 474 g/mol. The molecule has 0 radical (unpaired) electrons. The van der Waals surface area contributed by atoms with E-state index in [1.165, 1.54) is 11.3 Å². The summed E-state index contributed by atoms with van der Waals surface area (Å²) in [5.41, 5.74) is 4.25. The van der Waals surface area contributed by atoms with Crippen LogP contribution in [-0.2, 0) is 0 Å². The molecule has 1 aliphatic heterocycles. The summed E-state index contributed by atoms with van der Waals surface area (Å²) in [6, 6.07) is 8.24. The van der Waals surface area contributed by atoms with Crippen molar-refractivity contribution in [2.45, 2.75) is 25.7 Å². The van der Waals surface area contributed by atoms with Crippen LogP contribution in [0, 0.1) is 0 Å². The Bertz CT molecular complexity index is 1070. The highest BCUT2D eigenvalue weighted by Gasteiger charge is 2.27. The number of amides is 1. The van der Waals surface area contributed by atoms with Crippen molar-refractivity contribution >= 4 is 62.4 Å². The Hall–Kier alpha value is -2.63.